The zero-order chi connectivity index (χ0) is 13.8. The van der Waals surface area contributed by atoms with Crippen molar-refractivity contribution in [2.24, 2.45) is 0 Å². The fourth-order valence-corrected chi connectivity index (χ4v) is 1.69. The molecule has 1 N–H and O–H groups in total. The van der Waals surface area contributed by atoms with Gasteiger partial charge in [-0.1, -0.05) is 6.92 Å². The molecule has 5 heteroatoms. The van der Waals surface area contributed by atoms with Gasteiger partial charge in [0.2, 0.25) is 5.88 Å². The molecule has 0 bridgehead atoms. The quantitative estimate of drug-likeness (QED) is 0.912. The van der Waals surface area contributed by atoms with Crippen molar-refractivity contribution in [1.29, 1.82) is 0 Å². The summed E-state index contributed by atoms with van der Waals surface area (Å²) in [5, 5.41) is 8.95. The topological polar surface area (TPSA) is 72.3 Å². The summed E-state index contributed by atoms with van der Waals surface area (Å²) in [4.78, 5) is 19.0. The molecule has 5 nitrogen and oxygen atoms in total. The van der Waals surface area contributed by atoms with Gasteiger partial charge in [-0.2, -0.15) is 0 Å². The molecule has 0 aliphatic heterocycles. The predicted octanol–water partition coefficient (Wildman–Crippen LogP) is 2.84. The summed E-state index contributed by atoms with van der Waals surface area (Å²) in [6, 6.07) is 6.58. The number of aromatic nitrogens is 2. The van der Waals surface area contributed by atoms with E-state index in [2.05, 4.69) is 9.97 Å². The Hall–Kier alpha value is -2.43. The third-order valence-electron chi connectivity index (χ3n) is 2.71. The summed E-state index contributed by atoms with van der Waals surface area (Å²) in [5.41, 5.74) is 1.81. The zero-order valence-electron chi connectivity index (χ0n) is 10.8. The summed E-state index contributed by atoms with van der Waals surface area (Å²) in [6.45, 7) is 3.73. The maximum atomic E-state index is 10.9. The maximum absolute atomic E-state index is 10.9. The van der Waals surface area contributed by atoms with Gasteiger partial charge in [0.15, 0.2) is 0 Å². The third kappa shape index (κ3) is 3.07. The molecule has 0 spiro atoms. The Morgan fingerprint density at radius 1 is 1.32 bits per heavy atom. The van der Waals surface area contributed by atoms with Gasteiger partial charge in [0, 0.05) is 11.8 Å². The Kier molecular flexibility index (Phi) is 3.75. The van der Waals surface area contributed by atoms with Crippen LogP contribution in [0.15, 0.2) is 30.6 Å². The van der Waals surface area contributed by atoms with E-state index in [9.17, 15) is 4.79 Å². The number of ether oxygens (including phenoxy) is 1. The van der Waals surface area contributed by atoms with E-state index in [0.29, 0.717) is 17.2 Å². The standard InChI is InChI=1S/C14H14N2O3/c1-3-10-7-13(16-8-15-10)19-11-4-5-12(14(17)18)9(2)6-11/h4-8H,3H2,1-2H3,(H,17,18). The molecule has 1 aromatic heterocycles. The van der Waals surface area contributed by atoms with Crippen LogP contribution >= 0.6 is 0 Å². The molecule has 0 amide bonds. The Morgan fingerprint density at radius 2 is 2.11 bits per heavy atom. The van der Waals surface area contributed by atoms with E-state index in [-0.39, 0.29) is 5.56 Å². The molecular weight excluding hydrogens is 244 g/mol. The molecule has 0 unspecified atom stereocenters. The summed E-state index contributed by atoms with van der Waals surface area (Å²) < 4.78 is 5.59. The second-order valence-electron chi connectivity index (χ2n) is 4.09. The number of rotatable bonds is 4. The van der Waals surface area contributed by atoms with E-state index in [4.69, 9.17) is 9.84 Å². The number of benzene rings is 1. The molecule has 1 heterocycles. The Bertz CT molecular complexity index is 611. The van der Waals surface area contributed by atoms with Crippen LogP contribution in [0.5, 0.6) is 11.6 Å². The lowest BCUT2D eigenvalue weighted by Crippen LogP contribution is -2.00. The van der Waals surface area contributed by atoms with Crippen molar-refractivity contribution in [3.05, 3.63) is 47.4 Å². The number of aromatic carboxylic acids is 1. The van der Waals surface area contributed by atoms with E-state index < -0.39 is 5.97 Å². The molecule has 2 rings (SSSR count). The summed E-state index contributed by atoms with van der Waals surface area (Å²) >= 11 is 0. The number of hydrogen-bond acceptors (Lipinski definition) is 4. The van der Waals surface area contributed by atoms with Gasteiger partial charge in [-0.3, -0.25) is 0 Å². The smallest absolute Gasteiger partial charge is 0.335 e. The monoisotopic (exact) mass is 258 g/mol. The van der Waals surface area contributed by atoms with Crippen molar-refractivity contribution in [2.45, 2.75) is 20.3 Å². The largest absolute Gasteiger partial charge is 0.478 e. The molecule has 1 aromatic carbocycles. The van der Waals surface area contributed by atoms with E-state index in [1.54, 1.807) is 25.1 Å². The number of nitrogens with zero attached hydrogens (tertiary/aromatic N) is 2. The van der Waals surface area contributed by atoms with E-state index in [1.807, 2.05) is 6.92 Å². The molecule has 0 aliphatic rings. The van der Waals surface area contributed by atoms with Crippen molar-refractivity contribution in [2.75, 3.05) is 0 Å². The molecule has 19 heavy (non-hydrogen) atoms. The van der Waals surface area contributed by atoms with Crippen LogP contribution in [0.25, 0.3) is 0 Å². The summed E-state index contributed by atoms with van der Waals surface area (Å²) in [5.74, 6) is 0.0666. The molecule has 0 saturated heterocycles. The maximum Gasteiger partial charge on any atom is 0.335 e. The van der Waals surface area contributed by atoms with Gasteiger partial charge >= 0.3 is 5.97 Å². The normalized spacial score (nSPS) is 10.2. The highest BCUT2D eigenvalue weighted by Crippen LogP contribution is 2.22. The first-order valence-electron chi connectivity index (χ1n) is 5.93. The van der Waals surface area contributed by atoms with Crippen LogP contribution in [0, 0.1) is 6.92 Å². The average molecular weight is 258 g/mol. The summed E-state index contributed by atoms with van der Waals surface area (Å²) in [7, 11) is 0. The van der Waals surface area contributed by atoms with Crippen LogP contribution in [0.4, 0.5) is 0 Å². The lowest BCUT2D eigenvalue weighted by Gasteiger charge is -2.07. The number of aryl methyl sites for hydroxylation is 2. The van der Waals surface area contributed by atoms with Gasteiger partial charge in [0.05, 0.1) is 5.56 Å². The second kappa shape index (κ2) is 5.48. The molecule has 98 valence electrons. The van der Waals surface area contributed by atoms with Crippen molar-refractivity contribution >= 4 is 5.97 Å². The van der Waals surface area contributed by atoms with Crippen molar-refractivity contribution < 1.29 is 14.6 Å². The van der Waals surface area contributed by atoms with Gasteiger partial charge in [0.25, 0.3) is 0 Å². The molecule has 0 fully saturated rings. The molecule has 0 radical (unpaired) electrons. The minimum atomic E-state index is -0.945. The molecule has 0 saturated carbocycles. The van der Waals surface area contributed by atoms with Crippen molar-refractivity contribution in [3.8, 4) is 11.6 Å². The lowest BCUT2D eigenvalue weighted by molar-refractivity contribution is 0.0696. The van der Waals surface area contributed by atoms with Gasteiger partial charge in [-0.25, -0.2) is 14.8 Å². The van der Waals surface area contributed by atoms with E-state index >= 15 is 0 Å². The van der Waals surface area contributed by atoms with Crippen molar-refractivity contribution in [3.63, 3.8) is 0 Å². The Balaban J connectivity index is 2.23. The average Bonchev–Trinajstić information content (AvgIpc) is 2.38. The zero-order valence-corrected chi connectivity index (χ0v) is 10.8. The highest BCUT2D eigenvalue weighted by Gasteiger charge is 2.08. The first-order chi connectivity index (χ1) is 9.10. The number of carbonyl (C=O) groups is 1. The fourth-order valence-electron chi connectivity index (χ4n) is 1.69. The van der Waals surface area contributed by atoms with Crippen LogP contribution in [-0.2, 0) is 6.42 Å². The number of carboxylic acid groups (broad SMARTS) is 1. The molecule has 0 atom stereocenters. The Labute approximate surface area is 110 Å². The highest BCUT2D eigenvalue weighted by molar-refractivity contribution is 5.89. The number of carboxylic acids is 1. The van der Waals surface area contributed by atoms with Crippen LogP contribution in [-0.4, -0.2) is 21.0 Å². The minimum absolute atomic E-state index is 0.268. The SMILES string of the molecule is CCc1cc(Oc2ccc(C(=O)O)c(C)c2)ncn1. The highest BCUT2D eigenvalue weighted by atomic mass is 16.5. The van der Waals surface area contributed by atoms with Crippen LogP contribution < -0.4 is 4.74 Å². The van der Waals surface area contributed by atoms with Crippen LogP contribution in [0.1, 0.15) is 28.5 Å². The first kappa shape index (κ1) is 13.0. The van der Waals surface area contributed by atoms with Gasteiger partial charge in [-0.15, -0.1) is 0 Å². The second-order valence-corrected chi connectivity index (χ2v) is 4.09. The van der Waals surface area contributed by atoms with E-state index in [0.717, 1.165) is 12.1 Å². The first-order valence-corrected chi connectivity index (χ1v) is 5.93. The molecule has 2 aromatic rings. The predicted molar refractivity (Wildman–Crippen MR) is 69.6 cm³/mol. The third-order valence-corrected chi connectivity index (χ3v) is 2.71. The van der Waals surface area contributed by atoms with Crippen LogP contribution in [0.2, 0.25) is 0 Å². The van der Waals surface area contributed by atoms with Crippen molar-refractivity contribution in [1.82, 2.24) is 9.97 Å². The van der Waals surface area contributed by atoms with Gasteiger partial charge in [0.1, 0.15) is 12.1 Å². The van der Waals surface area contributed by atoms with Crippen LogP contribution in [0.3, 0.4) is 0 Å². The lowest BCUT2D eigenvalue weighted by atomic mass is 10.1. The summed E-state index contributed by atoms with van der Waals surface area (Å²) in [6.07, 6.45) is 2.25. The fraction of sp³-hybridized carbons (Fsp3) is 0.214. The van der Waals surface area contributed by atoms with E-state index in [1.165, 1.54) is 12.4 Å². The Morgan fingerprint density at radius 3 is 2.74 bits per heavy atom. The number of hydrogen-bond donors (Lipinski definition) is 1. The van der Waals surface area contributed by atoms with Gasteiger partial charge < -0.3 is 9.84 Å². The van der Waals surface area contributed by atoms with Gasteiger partial charge in [-0.05, 0) is 37.1 Å². The minimum Gasteiger partial charge on any atom is -0.478 e. The molecular formula is C14H14N2O3. The molecule has 0 aliphatic carbocycles.